The Kier molecular flexibility index (Phi) is 8.97. The maximum atomic E-state index is 12.9. The Bertz CT molecular complexity index is 1400. The van der Waals surface area contributed by atoms with E-state index in [1.807, 2.05) is 6.92 Å². The summed E-state index contributed by atoms with van der Waals surface area (Å²) in [5, 5.41) is 54.5. The van der Waals surface area contributed by atoms with E-state index in [0.29, 0.717) is 25.2 Å². The van der Waals surface area contributed by atoms with Crippen molar-refractivity contribution in [1.82, 2.24) is 0 Å². The summed E-state index contributed by atoms with van der Waals surface area (Å²) in [6, 6.07) is 0. The Balaban J connectivity index is 1.24. The first-order valence-electron chi connectivity index (χ1n) is 19.3. The summed E-state index contributed by atoms with van der Waals surface area (Å²) in [4.78, 5) is 25.4. The lowest BCUT2D eigenvalue weighted by Gasteiger charge is -2.64. The third-order valence-electron chi connectivity index (χ3n) is 16.1. The van der Waals surface area contributed by atoms with Crippen molar-refractivity contribution in [2.75, 3.05) is 13.2 Å². The van der Waals surface area contributed by atoms with Crippen LogP contribution in [0.1, 0.15) is 113 Å². The van der Waals surface area contributed by atoms with Gasteiger partial charge in [-0.05, 0) is 107 Å². The minimum Gasteiger partial charge on any atom is -0.465 e. The van der Waals surface area contributed by atoms with Crippen LogP contribution in [0.3, 0.4) is 0 Å². The van der Waals surface area contributed by atoms with E-state index in [1.54, 1.807) is 13.8 Å². The molecule has 12 heteroatoms. The van der Waals surface area contributed by atoms with Gasteiger partial charge in [0.1, 0.15) is 24.4 Å². The second-order valence-corrected chi connectivity index (χ2v) is 19.2. The van der Waals surface area contributed by atoms with Crippen molar-refractivity contribution in [3.05, 3.63) is 0 Å². The topological polar surface area (TPSA) is 181 Å². The van der Waals surface area contributed by atoms with Crippen molar-refractivity contribution in [3.63, 3.8) is 0 Å². The van der Waals surface area contributed by atoms with Crippen molar-refractivity contribution in [2.45, 2.75) is 173 Å². The van der Waals surface area contributed by atoms with E-state index in [0.717, 1.165) is 38.5 Å². The lowest BCUT2D eigenvalue weighted by molar-refractivity contribution is -0.303. The van der Waals surface area contributed by atoms with Crippen LogP contribution < -0.4 is 0 Å². The second kappa shape index (κ2) is 12.1. The second-order valence-electron chi connectivity index (χ2n) is 19.2. The van der Waals surface area contributed by atoms with Gasteiger partial charge in [-0.2, -0.15) is 0 Å². The monoisotopic (exact) mass is 722 g/mol. The van der Waals surface area contributed by atoms with Crippen LogP contribution in [0.2, 0.25) is 0 Å². The molecule has 0 unspecified atom stereocenters. The molecule has 5 N–H and O–H groups in total. The Hall–Kier alpha value is -1.38. The lowest BCUT2D eigenvalue weighted by atomic mass is 9.41. The van der Waals surface area contributed by atoms with Crippen LogP contribution in [0.15, 0.2) is 0 Å². The highest BCUT2D eigenvalue weighted by Gasteiger charge is 2.86. The van der Waals surface area contributed by atoms with E-state index in [2.05, 4.69) is 20.8 Å². The fraction of sp³-hybridized carbons (Fsp3) is 0.949. The first-order chi connectivity index (χ1) is 23.6. The molecule has 51 heavy (non-hydrogen) atoms. The van der Waals surface area contributed by atoms with Gasteiger partial charge in [-0.15, -0.1) is 0 Å². The predicted molar refractivity (Wildman–Crippen MR) is 182 cm³/mol. The molecule has 0 aromatic heterocycles. The zero-order valence-electron chi connectivity index (χ0n) is 31.7. The van der Waals surface area contributed by atoms with Crippen molar-refractivity contribution >= 4 is 11.9 Å². The highest BCUT2D eigenvalue weighted by atomic mass is 16.7. The zero-order chi connectivity index (χ0) is 37.3. The quantitative estimate of drug-likeness (QED) is 0.192. The number of ether oxygens (including phenoxy) is 5. The minimum absolute atomic E-state index is 0.00120. The maximum Gasteiger partial charge on any atom is 0.303 e. The molecule has 12 nitrogen and oxygen atoms in total. The first kappa shape index (κ1) is 37.9. The van der Waals surface area contributed by atoms with Gasteiger partial charge in [0.05, 0.1) is 42.7 Å². The van der Waals surface area contributed by atoms with E-state index in [-0.39, 0.29) is 41.5 Å². The van der Waals surface area contributed by atoms with Gasteiger partial charge in [0, 0.05) is 30.6 Å². The Morgan fingerprint density at radius 1 is 0.824 bits per heavy atom. The molecule has 0 radical (unpaired) electrons. The number of hydrogen-bond acceptors (Lipinski definition) is 12. The standard InChI is InChI=1S/C39H62O12/c1-20(40)48-19-39-16-15-38-18-37(38)14-12-25(50-32-28(44)27(43)22(42)17-47-32)33(3,4)23(37)9-10-24(38)36(39,8)31(49-21(2)41)29(45)30(39)35(7)13-11-26(51-35)34(5,6)46/h22-32,42-46H,9-19H2,1-8H3/t22-,23+,24+,25+,26-,27+,28-,29-,30-,31+,32+,35+,36-,37-,38+,39+/m1/s1. The van der Waals surface area contributed by atoms with Gasteiger partial charge in [-0.3, -0.25) is 9.59 Å². The Morgan fingerprint density at radius 3 is 2.12 bits per heavy atom. The van der Waals surface area contributed by atoms with E-state index < -0.39 is 82.8 Å². The maximum absolute atomic E-state index is 12.9. The van der Waals surface area contributed by atoms with Gasteiger partial charge in [0.25, 0.3) is 0 Å². The molecule has 7 aliphatic rings. The SMILES string of the molecule is CC(=O)OC[C@]12CC[C@@]34C[C@@]35CC[C@H](O[C@@H]3OC[C@@H](O)[C@H](O)[C@H]3O)C(C)(C)[C@@H]5CC[C@H]4[C@]1(C)[C@@H](OC(C)=O)[C@H](O)[C@@H]2[C@]1(C)CC[C@H](C(C)(C)O)O1. The molecule has 5 saturated carbocycles. The van der Waals surface area contributed by atoms with Crippen LogP contribution in [0, 0.1) is 44.8 Å². The van der Waals surface area contributed by atoms with Crippen molar-refractivity contribution in [1.29, 1.82) is 0 Å². The highest BCUT2D eigenvalue weighted by Crippen LogP contribution is 2.89. The molecule has 2 heterocycles. The molecular formula is C39H62O12. The lowest BCUT2D eigenvalue weighted by Crippen LogP contribution is -2.63. The van der Waals surface area contributed by atoms with E-state index >= 15 is 0 Å². The number of hydrogen-bond donors (Lipinski definition) is 5. The third-order valence-corrected chi connectivity index (χ3v) is 16.1. The number of rotatable bonds is 7. The average Bonchev–Trinajstić information content (AvgIpc) is 3.44. The zero-order valence-corrected chi connectivity index (χ0v) is 31.7. The van der Waals surface area contributed by atoms with Gasteiger partial charge in [-0.25, -0.2) is 0 Å². The number of aliphatic hydroxyl groups is 5. The molecular weight excluding hydrogens is 660 g/mol. The first-order valence-corrected chi connectivity index (χ1v) is 19.3. The summed E-state index contributed by atoms with van der Waals surface area (Å²) in [5.41, 5.74) is -3.84. The molecule has 7 rings (SSSR count). The van der Waals surface area contributed by atoms with Crippen LogP contribution in [0.5, 0.6) is 0 Å². The normalized spacial score (nSPS) is 52.9. The summed E-state index contributed by atoms with van der Waals surface area (Å²) >= 11 is 0. The molecule has 16 atom stereocenters. The highest BCUT2D eigenvalue weighted by molar-refractivity contribution is 5.67. The van der Waals surface area contributed by atoms with E-state index in [4.69, 9.17) is 23.7 Å². The fourth-order valence-electron chi connectivity index (χ4n) is 14.0. The molecule has 7 fully saturated rings. The molecule has 2 spiro atoms. The van der Waals surface area contributed by atoms with E-state index in [9.17, 15) is 35.1 Å². The molecule has 0 aromatic rings. The predicted octanol–water partition coefficient (Wildman–Crippen LogP) is 3.01. The number of carbonyl (C=O) groups is 2. The number of aliphatic hydroxyl groups excluding tert-OH is 4. The Morgan fingerprint density at radius 2 is 1.49 bits per heavy atom. The van der Waals surface area contributed by atoms with Crippen LogP contribution in [-0.2, 0) is 33.3 Å². The molecule has 2 saturated heterocycles. The van der Waals surface area contributed by atoms with E-state index in [1.165, 1.54) is 13.8 Å². The average molecular weight is 723 g/mol. The van der Waals surface area contributed by atoms with Crippen molar-refractivity contribution < 1.29 is 58.8 Å². The summed E-state index contributed by atoms with van der Waals surface area (Å²) < 4.78 is 31.1. The smallest absolute Gasteiger partial charge is 0.303 e. The van der Waals surface area contributed by atoms with Gasteiger partial charge in [0.2, 0.25) is 0 Å². The van der Waals surface area contributed by atoms with Crippen LogP contribution in [0.25, 0.3) is 0 Å². The summed E-state index contributed by atoms with van der Waals surface area (Å²) in [6.45, 7) is 14.9. The minimum atomic E-state index is -1.35. The fourth-order valence-corrected chi connectivity index (χ4v) is 14.0. The molecule has 0 amide bonds. The Labute approximate surface area is 301 Å². The van der Waals surface area contributed by atoms with Crippen molar-refractivity contribution in [3.8, 4) is 0 Å². The van der Waals surface area contributed by atoms with Gasteiger partial charge in [-0.1, -0.05) is 20.8 Å². The summed E-state index contributed by atoms with van der Waals surface area (Å²) in [5.74, 6) is -1.02. The van der Waals surface area contributed by atoms with Crippen LogP contribution >= 0.6 is 0 Å². The third kappa shape index (κ3) is 5.20. The molecule has 290 valence electrons. The van der Waals surface area contributed by atoms with Crippen molar-refractivity contribution in [2.24, 2.45) is 44.8 Å². The molecule has 0 aromatic carbocycles. The summed E-state index contributed by atoms with van der Waals surface area (Å²) in [6.07, 6.45) is -0.352. The van der Waals surface area contributed by atoms with Gasteiger partial charge < -0.3 is 49.2 Å². The van der Waals surface area contributed by atoms with Gasteiger partial charge in [0.15, 0.2) is 6.29 Å². The molecule has 0 bridgehead atoms. The number of fused-ring (bicyclic) bond motifs is 2. The largest absolute Gasteiger partial charge is 0.465 e. The number of esters is 2. The van der Waals surface area contributed by atoms with Crippen LogP contribution in [0.4, 0.5) is 0 Å². The van der Waals surface area contributed by atoms with Crippen LogP contribution in [-0.4, -0.2) is 111 Å². The summed E-state index contributed by atoms with van der Waals surface area (Å²) in [7, 11) is 0. The molecule has 5 aliphatic carbocycles. The van der Waals surface area contributed by atoms with Gasteiger partial charge >= 0.3 is 11.9 Å². The number of carbonyl (C=O) groups excluding carboxylic acids is 2. The molecule has 2 aliphatic heterocycles.